The van der Waals surface area contributed by atoms with Crippen LogP contribution in [0.1, 0.15) is 11.1 Å². The summed E-state index contributed by atoms with van der Waals surface area (Å²) in [5.41, 5.74) is 1.79. The Morgan fingerprint density at radius 3 is 2.40 bits per heavy atom. The van der Waals surface area contributed by atoms with Gasteiger partial charge in [0.05, 0.1) is 6.10 Å². The SMILES string of the molecule is Cc1ccc(F)cc1CC(O)CSc1ccc(F)cc1. The largest absolute Gasteiger partial charge is 0.392 e. The maximum atomic E-state index is 13.2. The molecule has 0 aliphatic heterocycles. The Hall–Kier alpha value is -1.39. The van der Waals surface area contributed by atoms with Crippen molar-refractivity contribution in [3.63, 3.8) is 0 Å². The molecule has 0 saturated heterocycles. The molecule has 0 bridgehead atoms. The van der Waals surface area contributed by atoms with Gasteiger partial charge in [-0.05, 0) is 60.9 Å². The van der Waals surface area contributed by atoms with E-state index in [0.717, 1.165) is 16.0 Å². The normalized spacial score (nSPS) is 12.4. The lowest BCUT2D eigenvalue weighted by atomic mass is 10.0. The lowest BCUT2D eigenvalue weighted by Gasteiger charge is -2.12. The molecule has 0 saturated carbocycles. The highest BCUT2D eigenvalue weighted by Crippen LogP contribution is 2.21. The molecule has 0 radical (unpaired) electrons. The van der Waals surface area contributed by atoms with E-state index >= 15 is 0 Å². The van der Waals surface area contributed by atoms with Crippen LogP contribution in [0.4, 0.5) is 8.78 Å². The zero-order valence-corrected chi connectivity index (χ0v) is 12.0. The van der Waals surface area contributed by atoms with E-state index in [0.29, 0.717) is 12.2 Å². The molecule has 0 aliphatic rings. The number of aliphatic hydroxyl groups excluding tert-OH is 1. The highest BCUT2D eigenvalue weighted by molar-refractivity contribution is 7.99. The van der Waals surface area contributed by atoms with E-state index in [1.54, 1.807) is 18.2 Å². The summed E-state index contributed by atoms with van der Waals surface area (Å²) < 4.78 is 25.9. The van der Waals surface area contributed by atoms with Crippen LogP contribution in [0.2, 0.25) is 0 Å². The number of hydrogen-bond acceptors (Lipinski definition) is 2. The molecular weight excluding hydrogens is 278 g/mol. The van der Waals surface area contributed by atoms with E-state index in [4.69, 9.17) is 0 Å². The Kier molecular flexibility index (Phi) is 5.15. The summed E-state index contributed by atoms with van der Waals surface area (Å²) in [6.45, 7) is 1.90. The fraction of sp³-hybridized carbons (Fsp3) is 0.250. The van der Waals surface area contributed by atoms with Gasteiger partial charge in [0, 0.05) is 10.6 Å². The van der Waals surface area contributed by atoms with Crippen molar-refractivity contribution in [3.05, 3.63) is 65.2 Å². The fourth-order valence-electron chi connectivity index (χ4n) is 1.90. The van der Waals surface area contributed by atoms with Gasteiger partial charge in [-0.15, -0.1) is 11.8 Å². The third kappa shape index (κ3) is 4.32. The smallest absolute Gasteiger partial charge is 0.123 e. The van der Waals surface area contributed by atoms with Crippen molar-refractivity contribution < 1.29 is 13.9 Å². The summed E-state index contributed by atoms with van der Waals surface area (Å²) in [5.74, 6) is -0.0732. The van der Waals surface area contributed by atoms with E-state index in [9.17, 15) is 13.9 Å². The molecule has 2 rings (SSSR count). The average molecular weight is 294 g/mol. The zero-order chi connectivity index (χ0) is 14.5. The Bertz CT molecular complexity index is 569. The Labute approximate surface area is 121 Å². The van der Waals surface area contributed by atoms with Crippen molar-refractivity contribution in [3.8, 4) is 0 Å². The van der Waals surface area contributed by atoms with Crippen molar-refractivity contribution in [1.82, 2.24) is 0 Å². The monoisotopic (exact) mass is 294 g/mol. The molecule has 0 spiro atoms. The maximum Gasteiger partial charge on any atom is 0.123 e. The first-order valence-corrected chi connectivity index (χ1v) is 7.34. The minimum atomic E-state index is -0.564. The van der Waals surface area contributed by atoms with Crippen LogP contribution in [0.3, 0.4) is 0 Å². The molecule has 0 amide bonds. The van der Waals surface area contributed by atoms with Crippen LogP contribution < -0.4 is 0 Å². The number of aryl methyl sites for hydroxylation is 1. The first kappa shape index (κ1) is 15.0. The molecule has 1 N–H and O–H groups in total. The van der Waals surface area contributed by atoms with Gasteiger partial charge in [0.15, 0.2) is 0 Å². The standard InChI is InChI=1S/C16H16F2OS/c1-11-2-3-14(18)8-12(11)9-15(19)10-20-16-6-4-13(17)5-7-16/h2-8,15,19H,9-10H2,1H3. The second-order valence-electron chi connectivity index (χ2n) is 4.69. The minimum Gasteiger partial charge on any atom is -0.392 e. The lowest BCUT2D eigenvalue weighted by molar-refractivity contribution is 0.200. The molecular formula is C16H16F2OS. The van der Waals surface area contributed by atoms with Gasteiger partial charge in [-0.2, -0.15) is 0 Å². The molecule has 0 heterocycles. The number of benzene rings is 2. The first-order valence-electron chi connectivity index (χ1n) is 6.36. The number of halogens is 2. The van der Waals surface area contributed by atoms with Gasteiger partial charge in [0.2, 0.25) is 0 Å². The second kappa shape index (κ2) is 6.86. The maximum absolute atomic E-state index is 13.2. The second-order valence-corrected chi connectivity index (χ2v) is 5.79. The van der Waals surface area contributed by atoms with Gasteiger partial charge in [0.1, 0.15) is 11.6 Å². The molecule has 2 aromatic rings. The van der Waals surface area contributed by atoms with Crippen LogP contribution in [0, 0.1) is 18.6 Å². The molecule has 0 aromatic heterocycles. The van der Waals surface area contributed by atoms with Gasteiger partial charge in [-0.25, -0.2) is 8.78 Å². The summed E-state index contributed by atoms with van der Waals surface area (Å²) in [6.07, 6.45) is -0.150. The summed E-state index contributed by atoms with van der Waals surface area (Å²) in [4.78, 5) is 0.904. The van der Waals surface area contributed by atoms with E-state index < -0.39 is 6.10 Å². The van der Waals surface area contributed by atoms with E-state index in [1.165, 1.54) is 36.0 Å². The van der Waals surface area contributed by atoms with Gasteiger partial charge >= 0.3 is 0 Å². The van der Waals surface area contributed by atoms with Crippen molar-refractivity contribution >= 4 is 11.8 Å². The van der Waals surface area contributed by atoms with Crippen LogP contribution >= 0.6 is 11.8 Å². The van der Waals surface area contributed by atoms with E-state index in [1.807, 2.05) is 6.92 Å². The first-order chi connectivity index (χ1) is 9.54. The van der Waals surface area contributed by atoms with Crippen molar-refractivity contribution in [2.24, 2.45) is 0 Å². The Morgan fingerprint density at radius 1 is 1.05 bits per heavy atom. The van der Waals surface area contributed by atoms with E-state index in [-0.39, 0.29) is 11.6 Å². The van der Waals surface area contributed by atoms with Crippen LogP contribution in [0.15, 0.2) is 47.4 Å². The highest BCUT2D eigenvalue weighted by Gasteiger charge is 2.09. The van der Waals surface area contributed by atoms with Crippen molar-refractivity contribution in [2.75, 3.05) is 5.75 Å². The van der Waals surface area contributed by atoms with Crippen LogP contribution in [0.25, 0.3) is 0 Å². The summed E-state index contributed by atoms with van der Waals surface area (Å²) in [7, 11) is 0. The topological polar surface area (TPSA) is 20.2 Å². The summed E-state index contributed by atoms with van der Waals surface area (Å²) in [5, 5.41) is 10.0. The van der Waals surface area contributed by atoms with Gasteiger partial charge < -0.3 is 5.11 Å². The van der Waals surface area contributed by atoms with Crippen LogP contribution in [0.5, 0.6) is 0 Å². The number of rotatable bonds is 5. The molecule has 1 atom stereocenters. The molecule has 20 heavy (non-hydrogen) atoms. The molecule has 1 unspecified atom stereocenters. The number of thioether (sulfide) groups is 1. The van der Waals surface area contributed by atoms with Crippen molar-refractivity contribution in [1.29, 1.82) is 0 Å². The number of aliphatic hydroxyl groups is 1. The molecule has 0 aliphatic carbocycles. The molecule has 106 valence electrons. The van der Waals surface area contributed by atoms with Gasteiger partial charge in [0.25, 0.3) is 0 Å². The van der Waals surface area contributed by atoms with E-state index in [2.05, 4.69) is 0 Å². The fourth-order valence-corrected chi connectivity index (χ4v) is 2.73. The van der Waals surface area contributed by atoms with Crippen molar-refractivity contribution in [2.45, 2.75) is 24.3 Å². The zero-order valence-electron chi connectivity index (χ0n) is 11.1. The summed E-state index contributed by atoms with van der Waals surface area (Å²) >= 11 is 1.46. The third-order valence-corrected chi connectivity index (χ3v) is 4.18. The minimum absolute atomic E-state index is 0.273. The molecule has 1 nitrogen and oxygen atoms in total. The Morgan fingerprint density at radius 2 is 1.70 bits per heavy atom. The lowest BCUT2D eigenvalue weighted by Crippen LogP contribution is -2.14. The molecule has 2 aromatic carbocycles. The quantitative estimate of drug-likeness (QED) is 0.842. The van der Waals surface area contributed by atoms with Gasteiger partial charge in [-0.3, -0.25) is 0 Å². The van der Waals surface area contributed by atoms with Crippen LogP contribution in [-0.2, 0) is 6.42 Å². The van der Waals surface area contributed by atoms with Crippen LogP contribution in [-0.4, -0.2) is 17.0 Å². The summed E-state index contributed by atoms with van der Waals surface area (Å²) in [6, 6.07) is 10.7. The average Bonchev–Trinajstić information content (AvgIpc) is 2.42. The Balaban J connectivity index is 1.90. The number of hydrogen-bond donors (Lipinski definition) is 1. The molecule has 4 heteroatoms. The van der Waals surface area contributed by atoms with Gasteiger partial charge in [-0.1, -0.05) is 6.07 Å². The molecule has 0 fully saturated rings. The highest BCUT2D eigenvalue weighted by atomic mass is 32.2. The third-order valence-electron chi connectivity index (χ3n) is 3.02. The predicted molar refractivity (Wildman–Crippen MR) is 78.0 cm³/mol. The predicted octanol–water partition coefficient (Wildman–Crippen LogP) is 3.97.